The molecule has 0 saturated carbocycles. The number of carboxylic acid groups (broad SMARTS) is 1. The fraction of sp³-hybridized carbons (Fsp3) is 0.333. The summed E-state index contributed by atoms with van der Waals surface area (Å²) in [6, 6.07) is 4.02. The molecule has 0 saturated heterocycles. The molecular weight excluding hydrogens is 286 g/mol. The van der Waals surface area contributed by atoms with Crippen LogP contribution in [0.3, 0.4) is 0 Å². The Morgan fingerprint density at radius 2 is 1.90 bits per heavy atom. The first-order valence-corrected chi connectivity index (χ1v) is 7.45. The zero-order chi connectivity index (χ0) is 15.3. The van der Waals surface area contributed by atoms with Crippen molar-refractivity contribution in [2.75, 3.05) is 12.4 Å². The van der Waals surface area contributed by atoms with E-state index in [0.717, 1.165) is 0 Å². The number of aliphatic hydroxyl groups is 1. The highest BCUT2D eigenvalue weighted by Gasteiger charge is 2.24. The number of benzene rings is 1. The molecule has 1 aromatic rings. The van der Waals surface area contributed by atoms with Gasteiger partial charge in [0.05, 0.1) is 22.8 Å². The second kappa shape index (κ2) is 6.49. The van der Waals surface area contributed by atoms with Gasteiger partial charge in [-0.3, -0.25) is 4.79 Å². The molecule has 0 bridgehead atoms. The molecule has 0 heterocycles. The van der Waals surface area contributed by atoms with Crippen molar-refractivity contribution >= 4 is 21.7 Å². The van der Waals surface area contributed by atoms with Crippen LogP contribution in [0.5, 0.6) is 0 Å². The van der Waals surface area contributed by atoms with Crippen LogP contribution in [0, 0.1) is 0 Å². The van der Waals surface area contributed by atoms with Crippen LogP contribution in [-0.2, 0) is 14.6 Å². The van der Waals surface area contributed by atoms with Crippen LogP contribution in [0.2, 0.25) is 0 Å². The molecule has 20 heavy (non-hydrogen) atoms. The zero-order valence-electron chi connectivity index (χ0n) is 10.7. The van der Waals surface area contributed by atoms with Crippen LogP contribution in [0.4, 0.5) is 0 Å². The molecule has 1 amide bonds. The molecule has 8 heteroatoms. The zero-order valence-corrected chi connectivity index (χ0v) is 11.6. The smallest absolute Gasteiger partial charge is 0.328 e. The number of nitrogens with one attached hydrogen (secondary N) is 1. The predicted octanol–water partition coefficient (Wildman–Crippen LogP) is -0.345. The van der Waals surface area contributed by atoms with Gasteiger partial charge in [-0.1, -0.05) is 19.1 Å². The van der Waals surface area contributed by atoms with Crippen LogP contribution in [0.1, 0.15) is 17.3 Å². The molecule has 1 aromatic carbocycles. The predicted molar refractivity (Wildman–Crippen MR) is 70.1 cm³/mol. The van der Waals surface area contributed by atoms with Crippen molar-refractivity contribution in [3.05, 3.63) is 29.8 Å². The van der Waals surface area contributed by atoms with Crippen molar-refractivity contribution in [2.24, 2.45) is 0 Å². The lowest BCUT2D eigenvalue weighted by Gasteiger charge is -2.13. The van der Waals surface area contributed by atoms with E-state index in [1.807, 2.05) is 0 Å². The maximum atomic E-state index is 12.0. The van der Waals surface area contributed by atoms with Crippen molar-refractivity contribution in [1.82, 2.24) is 5.32 Å². The molecule has 110 valence electrons. The van der Waals surface area contributed by atoms with Gasteiger partial charge in [0.25, 0.3) is 5.91 Å². The van der Waals surface area contributed by atoms with Crippen LogP contribution in [0.25, 0.3) is 0 Å². The van der Waals surface area contributed by atoms with Crippen LogP contribution in [-0.4, -0.2) is 48.9 Å². The summed E-state index contributed by atoms with van der Waals surface area (Å²) in [5.74, 6) is -2.45. The Morgan fingerprint density at radius 3 is 2.40 bits per heavy atom. The van der Waals surface area contributed by atoms with E-state index in [-0.39, 0.29) is 16.2 Å². The SMILES string of the molecule is CCS(=O)(=O)c1ccccc1C(=O)N[C@H](CO)C(=O)O. The average molecular weight is 301 g/mol. The largest absolute Gasteiger partial charge is 0.480 e. The molecule has 0 aliphatic rings. The highest BCUT2D eigenvalue weighted by atomic mass is 32.2. The number of carboxylic acids is 1. The molecule has 3 N–H and O–H groups in total. The van der Waals surface area contributed by atoms with E-state index in [9.17, 15) is 18.0 Å². The standard InChI is InChI=1S/C12H15NO6S/c1-2-20(18,19)10-6-4-3-5-8(10)11(15)13-9(7-14)12(16)17/h3-6,9,14H,2,7H2,1H3,(H,13,15)(H,16,17)/t9-/m1/s1. The molecule has 0 aliphatic carbocycles. The lowest BCUT2D eigenvalue weighted by molar-refractivity contribution is -0.140. The number of hydrogen-bond donors (Lipinski definition) is 3. The van der Waals surface area contributed by atoms with Gasteiger partial charge in [-0.2, -0.15) is 0 Å². The minimum atomic E-state index is -3.61. The normalized spacial score (nSPS) is 12.7. The minimum absolute atomic E-state index is 0.144. The Balaban J connectivity index is 3.15. The number of hydrogen-bond acceptors (Lipinski definition) is 5. The van der Waals surface area contributed by atoms with Gasteiger partial charge < -0.3 is 15.5 Å². The molecule has 0 radical (unpaired) electrons. The van der Waals surface area contributed by atoms with Crippen LogP contribution >= 0.6 is 0 Å². The quantitative estimate of drug-likeness (QED) is 0.660. The van der Waals surface area contributed by atoms with E-state index in [4.69, 9.17) is 10.2 Å². The Morgan fingerprint density at radius 1 is 1.30 bits per heavy atom. The average Bonchev–Trinajstić information content (AvgIpc) is 2.44. The Labute approximate surface area is 116 Å². The Hall–Kier alpha value is -1.93. The third-order valence-corrected chi connectivity index (χ3v) is 4.42. The summed E-state index contributed by atoms with van der Waals surface area (Å²) in [5.41, 5.74) is -0.144. The van der Waals surface area contributed by atoms with Gasteiger partial charge >= 0.3 is 5.97 Å². The van der Waals surface area contributed by atoms with Crippen LogP contribution < -0.4 is 5.32 Å². The van der Waals surface area contributed by atoms with Gasteiger partial charge in [-0.05, 0) is 12.1 Å². The number of rotatable bonds is 6. The van der Waals surface area contributed by atoms with Gasteiger partial charge in [-0.15, -0.1) is 0 Å². The molecule has 7 nitrogen and oxygen atoms in total. The van der Waals surface area contributed by atoms with E-state index in [1.54, 1.807) is 0 Å². The third kappa shape index (κ3) is 3.55. The maximum absolute atomic E-state index is 12.0. The monoisotopic (exact) mass is 301 g/mol. The second-order valence-electron chi connectivity index (χ2n) is 3.95. The molecular formula is C12H15NO6S. The van der Waals surface area contributed by atoms with Crippen molar-refractivity contribution in [3.8, 4) is 0 Å². The number of carbonyl (C=O) groups excluding carboxylic acids is 1. The number of aliphatic carboxylic acids is 1. The molecule has 0 aliphatic heterocycles. The second-order valence-corrected chi connectivity index (χ2v) is 6.19. The van der Waals surface area contributed by atoms with E-state index >= 15 is 0 Å². The van der Waals surface area contributed by atoms with E-state index < -0.39 is 34.4 Å². The molecule has 0 unspecified atom stereocenters. The van der Waals surface area contributed by atoms with Gasteiger partial charge in [0, 0.05) is 0 Å². The summed E-state index contributed by atoms with van der Waals surface area (Å²) >= 11 is 0. The number of carbonyl (C=O) groups is 2. The van der Waals surface area contributed by atoms with Gasteiger partial charge in [0.15, 0.2) is 15.9 Å². The summed E-state index contributed by atoms with van der Waals surface area (Å²) < 4.78 is 23.7. The first-order chi connectivity index (χ1) is 9.33. The Kier molecular flexibility index (Phi) is 5.23. The van der Waals surface area contributed by atoms with E-state index in [2.05, 4.69) is 5.32 Å². The molecule has 0 spiro atoms. The first kappa shape index (κ1) is 16.1. The van der Waals surface area contributed by atoms with Crippen molar-refractivity contribution in [2.45, 2.75) is 17.9 Å². The first-order valence-electron chi connectivity index (χ1n) is 5.79. The summed E-state index contributed by atoms with van der Waals surface area (Å²) in [6.07, 6.45) is 0. The highest BCUT2D eigenvalue weighted by Crippen LogP contribution is 2.17. The lowest BCUT2D eigenvalue weighted by Crippen LogP contribution is -2.43. The van der Waals surface area contributed by atoms with Crippen molar-refractivity contribution < 1.29 is 28.2 Å². The van der Waals surface area contributed by atoms with E-state index in [1.165, 1.54) is 31.2 Å². The lowest BCUT2D eigenvalue weighted by atomic mass is 10.2. The number of aliphatic hydroxyl groups excluding tert-OH is 1. The van der Waals surface area contributed by atoms with Crippen molar-refractivity contribution in [3.63, 3.8) is 0 Å². The molecule has 1 atom stereocenters. The summed E-state index contributed by atoms with van der Waals surface area (Å²) in [5, 5.41) is 19.7. The highest BCUT2D eigenvalue weighted by molar-refractivity contribution is 7.91. The van der Waals surface area contributed by atoms with E-state index in [0.29, 0.717) is 0 Å². The molecule has 0 fully saturated rings. The van der Waals surface area contributed by atoms with Gasteiger partial charge in [-0.25, -0.2) is 13.2 Å². The molecule has 1 rings (SSSR count). The fourth-order valence-corrected chi connectivity index (χ4v) is 2.60. The summed E-state index contributed by atoms with van der Waals surface area (Å²) in [4.78, 5) is 22.5. The Bertz CT molecular complexity index is 610. The summed E-state index contributed by atoms with van der Waals surface area (Å²) in [6.45, 7) is 0.654. The van der Waals surface area contributed by atoms with Gasteiger partial charge in [0.2, 0.25) is 0 Å². The fourth-order valence-electron chi connectivity index (χ4n) is 1.50. The van der Waals surface area contributed by atoms with Gasteiger partial charge in [0.1, 0.15) is 0 Å². The molecule has 0 aromatic heterocycles. The minimum Gasteiger partial charge on any atom is -0.480 e. The van der Waals surface area contributed by atoms with Crippen molar-refractivity contribution in [1.29, 1.82) is 0 Å². The summed E-state index contributed by atoms with van der Waals surface area (Å²) in [7, 11) is -3.61. The van der Waals surface area contributed by atoms with Crippen LogP contribution in [0.15, 0.2) is 29.2 Å². The topological polar surface area (TPSA) is 121 Å². The number of sulfone groups is 1. The number of amides is 1. The third-order valence-electron chi connectivity index (χ3n) is 2.63. The maximum Gasteiger partial charge on any atom is 0.328 e.